The van der Waals surface area contributed by atoms with Gasteiger partial charge in [-0.25, -0.2) is 0 Å². The molecule has 0 aromatic heterocycles. The number of fused-ring (bicyclic) bond motifs is 5. The average Bonchev–Trinajstić information content (AvgIpc) is 3.17. The van der Waals surface area contributed by atoms with Gasteiger partial charge in [-0.15, -0.1) is 0 Å². The summed E-state index contributed by atoms with van der Waals surface area (Å²) in [5, 5.41) is 3.79. The van der Waals surface area contributed by atoms with Crippen LogP contribution in [0.4, 0.5) is 0 Å². The summed E-state index contributed by atoms with van der Waals surface area (Å²) in [4.78, 5) is 0. The lowest BCUT2D eigenvalue weighted by Gasteiger charge is -2.50. The average molecular weight is 415 g/mol. The second-order valence-corrected chi connectivity index (χ2v) is 12.0. The second-order valence-electron chi connectivity index (χ2n) is 12.0. The van der Waals surface area contributed by atoms with Crippen molar-refractivity contribution >= 4 is 0 Å². The van der Waals surface area contributed by atoms with E-state index in [1.54, 1.807) is 12.8 Å². The fourth-order valence-electron chi connectivity index (χ4n) is 8.32. The number of hydrogen-bond acceptors (Lipinski definition) is 2. The van der Waals surface area contributed by atoms with Crippen molar-refractivity contribution in [2.24, 2.45) is 53.1 Å². The lowest BCUT2D eigenvalue weighted by Crippen LogP contribution is -2.44. The van der Waals surface area contributed by atoms with E-state index in [4.69, 9.17) is 5.73 Å². The molecule has 0 aromatic carbocycles. The number of hydrogen-bond donors (Lipinski definition) is 2. The molecule has 4 rings (SSSR count). The van der Waals surface area contributed by atoms with Gasteiger partial charge in [0.25, 0.3) is 0 Å². The van der Waals surface area contributed by atoms with Crippen LogP contribution in [0, 0.1) is 47.3 Å². The van der Waals surface area contributed by atoms with Gasteiger partial charge >= 0.3 is 0 Å². The normalized spacial score (nSPS) is 39.2. The first-order chi connectivity index (χ1) is 14.6. The zero-order valence-electron chi connectivity index (χ0n) is 20.3. The third kappa shape index (κ3) is 5.01. The number of nitrogens with one attached hydrogen (secondary N) is 1. The first kappa shape index (κ1) is 22.8. The molecule has 8 unspecified atom stereocenters. The first-order valence-electron chi connectivity index (χ1n) is 13.7. The Hall–Kier alpha value is -0.340. The van der Waals surface area contributed by atoms with Gasteiger partial charge in [0, 0.05) is 6.04 Å². The van der Waals surface area contributed by atoms with Gasteiger partial charge in [0.05, 0.1) is 0 Å². The fourth-order valence-corrected chi connectivity index (χ4v) is 8.32. The van der Waals surface area contributed by atoms with Crippen molar-refractivity contribution in [2.45, 2.75) is 104 Å². The Morgan fingerprint density at radius 2 is 1.70 bits per heavy atom. The molecule has 30 heavy (non-hydrogen) atoms. The molecule has 0 saturated heterocycles. The summed E-state index contributed by atoms with van der Waals surface area (Å²) in [6.45, 7) is 9.27. The second kappa shape index (κ2) is 10.5. The van der Waals surface area contributed by atoms with Crippen molar-refractivity contribution in [2.75, 3.05) is 13.1 Å². The third-order valence-electron chi connectivity index (χ3n) is 9.81. The Kier molecular flexibility index (Phi) is 8.01. The predicted octanol–water partition coefficient (Wildman–Crippen LogP) is 6.55. The molecular weight excluding hydrogens is 364 g/mol. The van der Waals surface area contributed by atoms with Crippen molar-refractivity contribution in [3.63, 3.8) is 0 Å². The highest BCUT2D eigenvalue weighted by molar-refractivity contribution is 5.19. The Morgan fingerprint density at radius 3 is 2.50 bits per heavy atom. The molecule has 0 aromatic rings. The van der Waals surface area contributed by atoms with E-state index in [1.165, 1.54) is 57.8 Å². The van der Waals surface area contributed by atoms with Crippen molar-refractivity contribution in [1.82, 2.24) is 5.32 Å². The maximum Gasteiger partial charge on any atom is 0.0105 e. The van der Waals surface area contributed by atoms with Crippen LogP contribution in [-0.4, -0.2) is 19.1 Å². The molecule has 3 saturated carbocycles. The minimum Gasteiger partial charge on any atom is -0.330 e. The van der Waals surface area contributed by atoms with Crippen molar-refractivity contribution < 1.29 is 0 Å². The van der Waals surface area contributed by atoms with Crippen LogP contribution in [0.5, 0.6) is 0 Å². The maximum absolute atomic E-state index is 5.68. The van der Waals surface area contributed by atoms with E-state index in [2.05, 4.69) is 32.2 Å². The van der Waals surface area contributed by atoms with E-state index in [0.29, 0.717) is 0 Å². The smallest absolute Gasteiger partial charge is 0.0105 e. The molecule has 0 heterocycles. The lowest BCUT2D eigenvalue weighted by molar-refractivity contribution is 0.0397. The lowest BCUT2D eigenvalue weighted by atomic mass is 9.55. The van der Waals surface area contributed by atoms with Gasteiger partial charge in [-0.3, -0.25) is 0 Å². The van der Waals surface area contributed by atoms with E-state index in [-0.39, 0.29) is 0 Å². The Bertz CT molecular complexity index is 567. The Morgan fingerprint density at radius 1 is 0.900 bits per heavy atom. The number of nitrogens with two attached hydrogens (primary N) is 1. The molecule has 172 valence electrons. The fraction of sp³-hybridized carbons (Fsp3) is 0.929. The summed E-state index contributed by atoms with van der Waals surface area (Å²) in [6, 6.07) is 0.717. The molecule has 3 fully saturated rings. The summed E-state index contributed by atoms with van der Waals surface area (Å²) < 4.78 is 0. The van der Waals surface area contributed by atoms with Crippen LogP contribution >= 0.6 is 0 Å². The monoisotopic (exact) mass is 414 g/mol. The number of rotatable bonds is 9. The van der Waals surface area contributed by atoms with Crippen LogP contribution < -0.4 is 11.1 Å². The molecule has 3 N–H and O–H groups in total. The summed E-state index contributed by atoms with van der Waals surface area (Å²) in [5.41, 5.74) is 7.51. The van der Waals surface area contributed by atoms with Crippen LogP contribution in [0.15, 0.2) is 11.6 Å². The standard InChI is InChI=1S/C28H50N2/c1-19(2)6-4-7-20(3)23-12-13-28-25(23)14-15-26-24-11-9-22(30-17-5-16-29)18-21(24)8-10-27(26)28/h8,19-20,22-28,30H,4-7,9-18,29H2,1-3H3. The quantitative estimate of drug-likeness (QED) is 0.331. The molecule has 0 spiro atoms. The first-order valence-corrected chi connectivity index (χ1v) is 13.7. The molecule has 0 aliphatic heterocycles. The molecule has 0 bridgehead atoms. The molecule has 2 nitrogen and oxygen atoms in total. The molecule has 2 heteroatoms. The van der Waals surface area contributed by atoms with Crippen molar-refractivity contribution in [3.8, 4) is 0 Å². The highest BCUT2D eigenvalue weighted by Crippen LogP contribution is 2.59. The number of allylic oxidation sites excluding steroid dienone is 1. The van der Waals surface area contributed by atoms with Crippen LogP contribution in [0.1, 0.15) is 97.8 Å². The molecular formula is C28H50N2. The van der Waals surface area contributed by atoms with E-state index >= 15 is 0 Å². The van der Waals surface area contributed by atoms with Gasteiger partial charge < -0.3 is 11.1 Å². The topological polar surface area (TPSA) is 38.0 Å². The zero-order chi connectivity index (χ0) is 21.1. The minimum absolute atomic E-state index is 0.717. The maximum atomic E-state index is 5.68. The molecule has 8 atom stereocenters. The summed E-state index contributed by atoms with van der Waals surface area (Å²) >= 11 is 0. The van der Waals surface area contributed by atoms with Crippen LogP contribution in [-0.2, 0) is 0 Å². The summed E-state index contributed by atoms with van der Waals surface area (Å²) in [7, 11) is 0. The van der Waals surface area contributed by atoms with Crippen LogP contribution in [0.25, 0.3) is 0 Å². The Labute approximate surface area is 187 Å². The summed E-state index contributed by atoms with van der Waals surface area (Å²) in [6.07, 6.45) is 19.9. The van der Waals surface area contributed by atoms with Gasteiger partial charge in [0.2, 0.25) is 0 Å². The van der Waals surface area contributed by atoms with Gasteiger partial charge in [0.1, 0.15) is 0 Å². The van der Waals surface area contributed by atoms with Gasteiger partial charge in [0.15, 0.2) is 0 Å². The van der Waals surface area contributed by atoms with Crippen LogP contribution in [0.2, 0.25) is 0 Å². The van der Waals surface area contributed by atoms with Crippen molar-refractivity contribution in [1.29, 1.82) is 0 Å². The third-order valence-corrected chi connectivity index (χ3v) is 9.81. The largest absolute Gasteiger partial charge is 0.330 e. The summed E-state index contributed by atoms with van der Waals surface area (Å²) in [5.74, 6) is 7.95. The predicted molar refractivity (Wildman–Crippen MR) is 129 cm³/mol. The van der Waals surface area contributed by atoms with Crippen molar-refractivity contribution in [3.05, 3.63) is 11.6 Å². The molecule has 4 aliphatic carbocycles. The Balaban J connectivity index is 1.33. The molecule has 4 aliphatic rings. The zero-order valence-corrected chi connectivity index (χ0v) is 20.3. The highest BCUT2D eigenvalue weighted by Gasteiger charge is 2.50. The van der Waals surface area contributed by atoms with Gasteiger partial charge in [-0.2, -0.15) is 0 Å². The minimum atomic E-state index is 0.717. The van der Waals surface area contributed by atoms with E-state index in [9.17, 15) is 0 Å². The molecule has 0 amide bonds. The highest BCUT2D eigenvalue weighted by atomic mass is 14.9. The molecule has 0 radical (unpaired) electrons. The van der Waals surface area contributed by atoms with Crippen LogP contribution in [0.3, 0.4) is 0 Å². The van der Waals surface area contributed by atoms with E-state index < -0.39 is 0 Å². The SMILES string of the molecule is CC(C)CCCC(C)C1CCC2C1CCC1C3CCC(NCCCN)CC3=CCC12. The van der Waals surface area contributed by atoms with E-state index in [0.717, 1.165) is 72.9 Å². The van der Waals surface area contributed by atoms with Gasteiger partial charge in [-0.05, 0) is 118 Å². The van der Waals surface area contributed by atoms with E-state index in [1.807, 2.05) is 5.57 Å². The van der Waals surface area contributed by atoms with Gasteiger partial charge in [-0.1, -0.05) is 51.7 Å².